The highest BCUT2D eigenvalue weighted by Crippen LogP contribution is 2.39. The van der Waals surface area contributed by atoms with Crippen LogP contribution in [-0.4, -0.2) is 10.1 Å². The number of halogens is 4. The van der Waals surface area contributed by atoms with Gasteiger partial charge in [-0.15, -0.1) is 0 Å². The van der Waals surface area contributed by atoms with Crippen LogP contribution in [0.2, 0.25) is 20.1 Å². The van der Waals surface area contributed by atoms with Gasteiger partial charge in [-0.05, 0) is 18.2 Å². The third-order valence-electron chi connectivity index (χ3n) is 2.38. The number of rotatable bonds is 2. The van der Waals surface area contributed by atoms with Crippen molar-refractivity contribution in [3.63, 3.8) is 0 Å². The summed E-state index contributed by atoms with van der Waals surface area (Å²) in [5.41, 5.74) is 1.50. The van der Waals surface area contributed by atoms with Crippen molar-refractivity contribution in [2.24, 2.45) is 0 Å². The smallest absolute Gasteiger partial charge is 0.0788 e. The van der Waals surface area contributed by atoms with Crippen molar-refractivity contribution in [3.05, 3.63) is 50.0 Å². The summed E-state index contributed by atoms with van der Waals surface area (Å²) in [4.78, 5) is 4.16. The zero-order valence-corrected chi connectivity index (χ0v) is 11.9. The number of hydrogen-bond donors (Lipinski definition) is 1. The van der Waals surface area contributed by atoms with Crippen LogP contribution in [0, 0.1) is 0 Å². The average Bonchev–Trinajstić information content (AvgIpc) is 2.36. The lowest BCUT2D eigenvalue weighted by Crippen LogP contribution is -1.95. The number of aliphatic hydroxyl groups excluding tert-OH is 1. The lowest BCUT2D eigenvalue weighted by Gasteiger charge is -2.11. The van der Waals surface area contributed by atoms with Crippen LogP contribution in [0.15, 0.2) is 24.4 Å². The normalized spacial score (nSPS) is 10.7. The Hall–Kier alpha value is -0.510. The van der Waals surface area contributed by atoms with Crippen LogP contribution in [0.4, 0.5) is 0 Å². The molecular weight excluding hydrogens is 316 g/mol. The highest BCUT2D eigenvalue weighted by atomic mass is 35.5. The molecular formula is C12H7Cl4NO. The van der Waals surface area contributed by atoms with E-state index in [1.54, 1.807) is 18.2 Å². The third kappa shape index (κ3) is 2.58. The van der Waals surface area contributed by atoms with Crippen molar-refractivity contribution in [3.8, 4) is 11.3 Å². The molecule has 0 aliphatic carbocycles. The van der Waals surface area contributed by atoms with Crippen molar-refractivity contribution in [1.82, 2.24) is 4.98 Å². The summed E-state index contributed by atoms with van der Waals surface area (Å²) in [5, 5.41) is 10.8. The van der Waals surface area contributed by atoms with Crippen molar-refractivity contribution < 1.29 is 5.11 Å². The largest absolute Gasteiger partial charge is 0.392 e. The quantitative estimate of drug-likeness (QED) is 0.801. The van der Waals surface area contributed by atoms with Gasteiger partial charge in [-0.1, -0.05) is 46.4 Å². The van der Waals surface area contributed by atoms with Gasteiger partial charge in [-0.25, -0.2) is 0 Å². The Morgan fingerprint density at radius 1 is 1.06 bits per heavy atom. The number of hydrogen-bond acceptors (Lipinski definition) is 2. The first kappa shape index (κ1) is 13.9. The molecule has 0 fully saturated rings. The van der Waals surface area contributed by atoms with Crippen LogP contribution in [-0.2, 0) is 6.61 Å². The maximum Gasteiger partial charge on any atom is 0.0788 e. The summed E-state index contributed by atoms with van der Waals surface area (Å²) in [6.07, 6.45) is 1.46. The maximum atomic E-state index is 9.34. The van der Waals surface area contributed by atoms with E-state index < -0.39 is 0 Å². The Morgan fingerprint density at radius 2 is 1.72 bits per heavy atom. The van der Waals surface area contributed by atoms with Crippen LogP contribution in [0.25, 0.3) is 11.3 Å². The van der Waals surface area contributed by atoms with Gasteiger partial charge in [-0.2, -0.15) is 0 Å². The van der Waals surface area contributed by atoms with E-state index in [1.165, 1.54) is 6.20 Å². The summed E-state index contributed by atoms with van der Waals surface area (Å²) >= 11 is 24.0. The predicted molar refractivity (Wildman–Crippen MR) is 75.6 cm³/mol. The molecule has 1 aromatic carbocycles. The Kier molecular flexibility index (Phi) is 4.36. The molecule has 0 amide bonds. The van der Waals surface area contributed by atoms with Gasteiger partial charge in [0.1, 0.15) is 0 Å². The van der Waals surface area contributed by atoms with E-state index in [1.807, 2.05) is 0 Å². The lowest BCUT2D eigenvalue weighted by atomic mass is 10.1. The molecule has 0 radical (unpaired) electrons. The average molecular weight is 323 g/mol. The zero-order chi connectivity index (χ0) is 13.3. The molecule has 2 nitrogen and oxygen atoms in total. The first-order valence-corrected chi connectivity index (χ1v) is 6.45. The first-order chi connectivity index (χ1) is 8.54. The van der Waals surface area contributed by atoms with Crippen LogP contribution in [0.5, 0.6) is 0 Å². The molecule has 2 aromatic rings. The number of benzene rings is 1. The fourth-order valence-corrected chi connectivity index (χ4v) is 2.46. The second kappa shape index (κ2) is 5.64. The minimum atomic E-state index is -0.220. The van der Waals surface area contributed by atoms with E-state index in [9.17, 15) is 5.11 Å². The van der Waals surface area contributed by atoms with Gasteiger partial charge in [0, 0.05) is 17.3 Å². The van der Waals surface area contributed by atoms with Gasteiger partial charge in [-0.3, -0.25) is 4.98 Å². The summed E-state index contributed by atoms with van der Waals surface area (Å²) < 4.78 is 0. The van der Waals surface area contributed by atoms with Gasteiger partial charge < -0.3 is 5.11 Å². The van der Waals surface area contributed by atoms with Crippen LogP contribution in [0.1, 0.15) is 5.56 Å². The number of aliphatic hydroxyl groups is 1. The van der Waals surface area contributed by atoms with Gasteiger partial charge in [0.25, 0.3) is 0 Å². The SMILES string of the molecule is OCc1cc(Cl)cnc1-c1c(Cl)ccc(Cl)c1Cl. The fourth-order valence-electron chi connectivity index (χ4n) is 1.57. The highest BCUT2D eigenvalue weighted by molar-refractivity contribution is 6.46. The monoisotopic (exact) mass is 321 g/mol. The summed E-state index contributed by atoms with van der Waals surface area (Å²) in [6, 6.07) is 4.84. The third-order valence-corrected chi connectivity index (χ3v) is 3.71. The fraction of sp³-hybridized carbons (Fsp3) is 0.0833. The molecule has 1 aromatic heterocycles. The van der Waals surface area contributed by atoms with Crippen LogP contribution >= 0.6 is 46.4 Å². The molecule has 94 valence electrons. The Morgan fingerprint density at radius 3 is 2.39 bits per heavy atom. The Labute approximate surface area is 124 Å². The van der Waals surface area contributed by atoms with Crippen molar-refractivity contribution in [1.29, 1.82) is 0 Å². The minimum absolute atomic E-state index is 0.220. The molecule has 0 bridgehead atoms. The van der Waals surface area contributed by atoms with Crippen LogP contribution in [0.3, 0.4) is 0 Å². The lowest BCUT2D eigenvalue weighted by molar-refractivity contribution is 0.282. The highest BCUT2D eigenvalue weighted by Gasteiger charge is 2.16. The number of nitrogens with zero attached hydrogens (tertiary/aromatic N) is 1. The van der Waals surface area contributed by atoms with Gasteiger partial charge in [0.15, 0.2) is 0 Å². The Balaban J connectivity index is 2.73. The van der Waals surface area contributed by atoms with Crippen molar-refractivity contribution >= 4 is 46.4 Å². The molecule has 0 atom stereocenters. The maximum absolute atomic E-state index is 9.34. The molecule has 0 spiro atoms. The second-order valence-electron chi connectivity index (χ2n) is 3.54. The van der Waals surface area contributed by atoms with E-state index in [0.29, 0.717) is 36.9 Å². The molecule has 1 heterocycles. The first-order valence-electron chi connectivity index (χ1n) is 4.93. The van der Waals surface area contributed by atoms with E-state index in [4.69, 9.17) is 46.4 Å². The van der Waals surface area contributed by atoms with Crippen LogP contribution < -0.4 is 0 Å². The molecule has 0 aliphatic heterocycles. The molecule has 0 unspecified atom stereocenters. The van der Waals surface area contributed by atoms with Gasteiger partial charge in [0.05, 0.1) is 32.4 Å². The topological polar surface area (TPSA) is 33.1 Å². The molecule has 1 N–H and O–H groups in total. The standard InChI is InChI=1S/C12H7Cl4NO/c13-7-3-6(5-18)12(17-4-7)10-8(14)1-2-9(15)11(10)16/h1-4,18H,5H2. The molecule has 0 saturated carbocycles. The van der Waals surface area contributed by atoms with Crippen molar-refractivity contribution in [2.45, 2.75) is 6.61 Å². The summed E-state index contributed by atoms with van der Waals surface area (Å²) in [7, 11) is 0. The second-order valence-corrected chi connectivity index (χ2v) is 5.17. The molecule has 6 heteroatoms. The molecule has 0 aliphatic rings. The van der Waals surface area contributed by atoms with Gasteiger partial charge >= 0.3 is 0 Å². The van der Waals surface area contributed by atoms with E-state index in [0.717, 1.165) is 0 Å². The van der Waals surface area contributed by atoms with E-state index in [-0.39, 0.29) is 6.61 Å². The summed E-state index contributed by atoms with van der Waals surface area (Å²) in [6.45, 7) is -0.220. The molecule has 0 saturated heterocycles. The molecule has 2 rings (SSSR count). The van der Waals surface area contributed by atoms with Crippen molar-refractivity contribution in [2.75, 3.05) is 0 Å². The molecule has 18 heavy (non-hydrogen) atoms. The van der Waals surface area contributed by atoms with E-state index >= 15 is 0 Å². The van der Waals surface area contributed by atoms with Gasteiger partial charge in [0.2, 0.25) is 0 Å². The number of pyridine rings is 1. The Bertz CT molecular complexity index is 601. The predicted octanol–water partition coefficient (Wildman–Crippen LogP) is 4.85. The van der Waals surface area contributed by atoms with E-state index in [2.05, 4.69) is 4.98 Å². The number of aromatic nitrogens is 1. The minimum Gasteiger partial charge on any atom is -0.392 e. The summed E-state index contributed by atoms with van der Waals surface area (Å²) in [5.74, 6) is 0. The zero-order valence-electron chi connectivity index (χ0n) is 8.92.